The van der Waals surface area contributed by atoms with Gasteiger partial charge in [-0.15, -0.1) is 0 Å². The molecule has 3 N–H and O–H groups in total. The number of nitrogen functional groups attached to an aromatic ring is 1. The standard InChI is InChI=1S/C13H20N2O3S/c1-10(2)9-18-8-7-15-11-5-4-6-12(13(11)14)19(3,16)17/h4-6,15H,1,7-9,14H2,2-3H3. The normalized spacial score (nSPS) is 11.3. The second kappa shape index (κ2) is 6.58. The average Bonchev–Trinajstić information content (AvgIpc) is 2.28. The third-order valence-corrected chi connectivity index (χ3v) is 3.53. The van der Waals surface area contributed by atoms with Gasteiger partial charge in [-0.1, -0.05) is 18.2 Å². The van der Waals surface area contributed by atoms with Crippen LogP contribution in [0.3, 0.4) is 0 Å². The Morgan fingerprint density at radius 2 is 2.16 bits per heavy atom. The average molecular weight is 284 g/mol. The van der Waals surface area contributed by atoms with E-state index < -0.39 is 9.84 Å². The molecule has 1 aromatic carbocycles. The first-order valence-electron chi connectivity index (χ1n) is 5.87. The molecule has 6 heteroatoms. The molecule has 19 heavy (non-hydrogen) atoms. The largest absolute Gasteiger partial charge is 0.396 e. The third-order valence-electron chi connectivity index (χ3n) is 2.38. The van der Waals surface area contributed by atoms with E-state index in [-0.39, 0.29) is 10.6 Å². The van der Waals surface area contributed by atoms with Crippen molar-refractivity contribution in [3.05, 3.63) is 30.4 Å². The quantitative estimate of drug-likeness (QED) is 0.452. The smallest absolute Gasteiger partial charge is 0.177 e. The Kier molecular flexibility index (Phi) is 5.38. The molecule has 1 aromatic rings. The molecule has 0 bridgehead atoms. The van der Waals surface area contributed by atoms with Crippen molar-refractivity contribution in [2.24, 2.45) is 0 Å². The summed E-state index contributed by atoms with van der Waals surface area (Å²) in [7, 11) is -3.31. The number of nitrogens with two attached hydrogens (primary N) is 1. The first-order chi connectivity index (χ1) is 8.82. The molecule has 0 amide bonds. The van der Waals surface area contributed by atoms with Crippen LogP contribution in [-0.2, 0) is 14.6 Å². The Morgan fingerprint density at radius 3 is 2.74 bits per heavy atom. The molecular weight excluding hydrogens is 264 g/mol. The van der Waals surface area contributed by atoms with E-state index in [9.17, 15) is 8.42 Å². The predicted octanol–water partition coefficient (Wildman–Crippen LogP) is 1.68. The van der Waals surface area contributed by atoms with Crippen molar-refractivity contribution in [1.82, 2.24) is 0 Å². The molecule has 106 valence electrons. The van der Waals surface area contributed by atoms with Crippen molar-refractivity contribution >= 4 is 21.2 Å². The summed E-state index contributed by atoms with van der Waals surface area (Å²) in [6.07, 6.45) is 1.14. The van der Waals surface area contributed by atoms with Crippen LogP contribution in [0, 0.1) is 0 Å². The maximum absolute atomic E-state index is 11.5. The van der Waals surface area contributed by atoms with E-state index in [0.29, 0.717) is 25.4 Å². The summed E-state index contributed by atoms with van der Waals surface area (Å²) in [4.78, 5) is 0.139. The minimum Gasteiger partial charge on any atom is -0.396 e. The maximum Gasteiger partial charge on any atom is 0.177 e. The van der Waals surface area contributed by atoms with Crippen LogP contribution in [-0.4, -0.2) is 34.4 Å². The van der Waals surface area contributed by atoms with Crippen LogP contribution in [0.1, 0.15) is 6.92 Å². The molecule has 0 radical (unpaired) electrons. The van der Waals surface area contributed by atoms with Crippen LogP contribution >= 0.6 is 0 Å². The number of anilines is 2. The van der Waals surface area contributed by atoms with Gasteiger partial charge in [0.15, 0.2) is 9.84 Å². The summed E-state index contributed by atoms with van der Waals surface area (Å²) in [5.41, 5.74) is 7.63. The van der Waals surface area contributed by atoms with Crippen molar-refractivity contribution in [2.75, 3.05) is 37.1 Å². The van der Waals surface area contributed by atoms with E-state index in [1.807, 2.05) is 6.92 Å². The fourth-order valence-electron chi connectivity index (χ4n) is 1.53. The van der Waals surface area contributed by atoms with Gasteiger partial charge in [-0.25, -0.2) is 8.42 Å². The van der Waals surface area contributed by atoms with Gasteiger partial charge >= 0.3 is 0 Å². The highest BCUT2D eigenvalue weighted by Crippen LogP contribution is 2.26. The Balaban J connectivity index is 2.63. The summed E-state index contributed by atoms with van der Waals surface area (Å²) in [6, 6.07) is 4.89. The zero-order valence-electron chi connectivity index (χ0n) is 11.3. The second-order valence-electron chi connectivity index (χ2n) is 4.43. The molecular formula is C13H20N2O3S. The second-order valence-corrected chi connectivity index (χ2v) is 6.41. The lowest BCUT2D eigenvalue weighted by molar-refractivity contribution is 0.167. The number of benzene rings is 1. The zero-order valence-corrected chi connectivity index (χ0v) is 12.1. The summed E-state index contributed by atoms with van der Waals surface area (Å²) in [5.74, 6) is 0. The van der Waals surface area contributed by atoms with E-state index in [1.165, 1.54) is 6.07 Å². The Morgan fingerprint density at radius 1 is 1.47 bits per heavy atom. The van der Waals surface area contributed by atoms with Gasteiger partial charge < -0.3 is 15.8 Å². The van der Waals surface area contributed by atoms with E-state index >= 15 is 0 Å². The molecule has 0 atom stereocenters. The van der Waals surface area contributed by atoms with E-state index in [2.05, 4.69) is 11.9 Å². The lowest BCUT2D eigenvalue weighted by atomic mass is 10.2. The minimum atomic E-state index is -3.31. The first kappa shape index (κ1) is 15.5. The highest BCUT2D eigenvalue weighted by atomic mass is 32.2. The molecule has 0 fully saturated rings. The van der Waals surface area contributed by atoms with Gasteiger partial charge in [0.25, 0.3) is 0 Å². The van der Waals surface area contributed by atoms with Crippen LogP contribution in [0.2, 0.25) is 0 Å². The predicted molar refractivity (Wildman–Crippen MR) is 78.1 cm³/mol. The van der Waals surface area contributed by atoms with Crippen LogP contribution in [0.15, 0.2) is 35.2 Å². The molecule has 0 aliphatic carbocycles. The fourth-order valence-corrected chi connectivity index (χ4v) is 2.36. The molecule has 0 unspecified atom stereocenters. The molecule has 0 heterocycles. The highest BCUT2D eigenvalue weighted by molar-refractivity contribution is 7.90. The lowest BCUT2D eigenvalue weighted by Gasteiger charge is -2.12. The molecule has 0 aliphatic rings. The van der Waals surface area contributed by atoms with Crippen molar-refractivity contribution in [2.45, 2.75) is 11.8 Å². The summed E-state index contributed by atoms with van der Waals surface area (Å²) in [5, 5.41) is 3.06. The van der Waals surface area contributed by atoms with Gasteiger partial charge in [0.2, 0.25) is 0 Å². The number of hydrogen-bond donors (Lipinski definition) is 2. The Hall–Kier alpha value is -1.53. The minimum absolute atomic E-state index is 0.139. The molecule has 5 nitrogen and oxygen atoms in total. The monoisotopic (exact) mass is 284 g/mol. The van der Waals surface area contributed by atoms with Gasteiger partial charge in [0.05, 0.1) is 29.5 Å². The number of rotatable bonds is 7. The molecule has 0 saturated heterocycles. The van der Waals surface area contributed by atoms with Crippen molar-refractivity contribution < 1.29 is 13.2 Å². The topological polar surface area (TPSA) is 81.4 Å². The Bertz CT molecular complexity index is 553. The highest BCUT2D eigenvalue weighted by Gasteiger charge is 2.13. The van der Waals surface area contributed by atoms with E-state index in [4.69, 9.17) is 10.5 Å². The van der Waals surface area contributed by atoms with Gasteiger partial charge in [0.1, 0.15) is 0 Å². The van der Waals surface area contributed by atoms with E-state index in [1.54, 1.807) is 12.1 Å². The summed E-state index contributed by atoms with van der Waals surface area (Å²) in [6.45, 7) is 7.18. The summed E-state index contributed by atoms with van der Waals surface area (Å²) >= 11 is 0. The number of para-hydroxylation sites is 1. The third kappa shape index (κ3) is 4.92. The molecule has 0 spiro atoms. The van der Waals surface area contributed by atoms with Crippen LogP contribution in [0.4, 0.5) is 11.4 Å². The van der Waals surface area contributed by atoms with Gasteiger partial charge in [0, 0.05) is 12.8 Å². The number of hydrogen-bond acceptors (Lipinski definition) is 5. The number of sulfone groups is 1. The van der Waals surface area contributed by atoms with Gasteiger partial charge in [-0.05, 0) is 19.1 Å². The number of nitrogens with one attached hydrogen (secondary N) is 1. The Labute approximate surface area is 114 Å². The van der Waals surface area contributed by atoms with Crippen LogP contribution < -0.4 is 11.1 Å². The lowest BCUT2D eigenvalue weighted by Crippen LogP contribution is -2.12. The SMILES string of the molecule is C=C(C)COCCNc1cccc(S(C)(=O)=O)c1N. The fraction of sp³-hybridized carbons (Fsp3) is 0.385. The molecule has 1 rings (SSSR count). The maximum atomic E-state index is 11.5. The first-order valence-corrected chi connectivity index (χ1v) is 7.76. The van der Waals surface area contributed by atoms with Crippen molar-refractivity contribution in [3.8, 4) is 0 Å². The number of ether oxygens (including phenoxy) is 1. The van der Waals surface area contributed by atoms with Crippen molar-refractivity contribution in [3.63, 3.8) is 0 Å². The van der Waals surface area contributed by atoms with Crippen LogP contribution in [0.25, 0.3) is 0 Å². The molecule has 0 aromatic heterocycles. The van der Waals surface area contributed by atoms with E-state index in [0.717, 1.165) is 11.8 Å². The zero-order chi connectivity index (χ0) is 14.5. The summed E-state index contributed by atoms with van der Waals surface area (Å²) < 4.78 is 28.4. The van der Waals surface area contributed by atoms with Crippen molar-refractivity contribution in [1.29, 1.82) is 0 Å². The van der Waals surface area contributed by atoms with Gasteiger partial charge in [-0.3, -0.25) is 0 Å². The van der Waals surface area contributed by atoms with Gasteiger partial charge in [-0.2, -0.15) is 0 Å². The van der Waals surface area contributed by atoms with Crippen LogP contribution in [0.5, 0.6) is 0 Å². The molecule has 0 saturated carbocycles. The molecule has 0 aliphatic heterocycles.